The predicted molar refractivity (Wildman–Crippen MR) is 271 cm³/mol. The minimum absolute atomic E-state index is 0.0201. The topological polar surface area (TPSA) is 151 Å². The first-order valence-electron chi connectivity index (χ1n) is 26.2. The normalized spacial score (nSPS) is 38.0. The molecule has 0 aromatic heterocycles. The fourth-order valence-corrected chi connectivity index (χ4v) is 14.6. The first-order chi connectivity index (χ1) is 32.9. The van der Waals surface area contributed by atoms with Crippen LogP contribution in [-0.4, -0.2) is 121 Å². The van der Waals surface area contributed by atoms with Crippen LogP contribution in [0.3, 0.4) is 0 Å². The van der Waals surface area contributed by atoms with Gasteiger partial charge >= 0.3 is 0 Å². The lowest BCUT2D eigenvalue weighted by molar-refractivity contribution is -0.292. The molecular weight excluding hydrogens is 997 g/mol. The standard InChI is InChI=1S/C54H81BrO13SSi/c1-31-14-17-41(18-15-31)69(58,59)68-40(25-34(4)55)20-21-54-29-47-49(66-54)50-51(65-47)52(67-54)48-43(64-50)19-16-39(62-48)26-37(57)27-42-36(6)44(23-32(2)30-60-70(10,11)53(7,8)9)63-46(42)28-45-35(5)33(3)24-38(61-45)13-12-22-56/h14-15,17-18,22,32-33,36,38-40,42-52H,4-5,12-13,16,19-21,23-30H2,1-3,6-11H3/t32-,33+,36+,38-,39?,40+,42+,43-,44+,45?,46-,47+,48-,49-,50-,51+,52-,54-/m0/s1. The number of hydrogen-bond acceptors (Lipinski definition) is 13. The number of ether oxygens (including phenoxy) is 7. The number of carbonyl (C=O) groups excluding carboxylic acids is 2. The van der Waals surface area contributed by atoms with Crippen LogP contribution in [0.2, 0.25) is 18.1 Å². The van der Waals surface area contributed by atoms with Crippen LogP contribution >= 0.6 is 15.9 Å². The number of aryl methyl sites for hydroxylation is 1. The lowest BCUT2D eigenvalue weighted by Gasteiger charge is -2.47. The Morgan fingerprint density at radius 2 is 1.64 bits per heavy atom. The second-order valence-electron chi connectivity index (χ2n) is 23.6. The molecule has 8 saturated heterocycles. The number of halogens is 1. The van der Waals surface area contributed by atoms with Gasteiger partial charge in [0.05, 0.1) is 53.7 Å². The average Bonchev–Trinajstić information content (AvgIpc) is 3.82. The van der Waals surface area contributed by atoms with Gasteiger partial charge in [-0.1, -0.05) is 88.3 Å². The van der Waals surface area contributed by atoms with Crippen molar-refractivity contribution in [3.05, 3.63) is 53.0 Å². The first kappa shape index (κ1) is 54.6. The first-order valence-corrected chi connectivity index (χ1v) is 31.3. The number of rotatable bonds is 22. The summed E-state index contributed by atoms with van der Waals surface area (Å²) < 4.78 is 87.8. The van der Waals surface area contributed by atoms with Gasteiger partial charge in [0, 0.05) is 51.6 Å². The summed E-state index contributed by atoms with van der Waals surface area (Å²) in [6.07, 6.45) is 3.80. The number of ketones is 1. The summed E-state index contributed by atoms with van der Waals surface area (Å²) in [6, 6.07) is 6.61. The quantitative estimate of drug-likeness (QED) is 0.0469. The molecule has 18 atom stereocenters. The fraction of sp³-hybridized carbons (Fsp3) is 0.778. The maximum atomic E-state index is 14.5. The Kier molecular flexibility index (Phi) is 17.1. The van der Waals surface area contributed by atoms with E-state index >= 15 is 0 Å². The Bertz CT molecular complexity index is 2150. The van der Waals surface area contributed by atoms with E-state index in [0.29, 0.717) is 68.9 Å². The minimum Gasteiger partial charge on any atom is -0.417 e. The molecule has 70 heavy (non-hydrogen) atoms. The maximum Gasteiger partial charge on any atom is 0.297 e. The lowest BCUT2D eigenvalue weighted by Crippen LogP contribution is -2.61. The van der Waals surface area contributed by atoms with Gasteiger partial charge in [-0.25, -0.2) is 0 Å². The van der Waals surface area contributed by atoms with Crippen molar-refractivity contribution < 1.29 is 59.8 Å². The highest BCUT2D eigenvalue weighted by molar-refractivity contribution is 9.11. The maximum absolute atomic E-state index is 14.5. The Morgan fingerprint density at radius 1 is 0.943 bits per heavy atom. The largest absolute Gasteiger partial charge is 0.417 e. The summed E-state index contributed by atoms with van der Waals surface area (Å²) in [6.45, 7) is 29.1. The molecule has 16 heteroatoms. The molecule has 8 aliphatic rings. The van der Waals surface area contributed by atoms with E-state index in [1.807, 2.05) is 6.92 Å². The number of aldehydes is 1. The van der Waals surface area contributed by atoms with Crippen molar-refractivity contribution in [1.82, 2.24) is 0 Å². The van der Waals surface area contributed by atoms with Crippen LogP contribution in [0.1, 0.15) is 131 Å². The number of fused-ring (bicyclic) bond motifs is 1. The molecule has 0 radical (unpaired) electrons. The fourth-order valence-electron chi connectivity index (χ4n) is 12.0. The summed E-state index contributed by atoms with van der Waals surface area (Å²) in [5.41, 5.74) is 2.00. The molecule has 13 nitrogen and oxygen atoms in total. The van der Waals surface area contributed by atoms with Gasteiger partial charge in [-0.3, -0.25) is 8.98 Å². The monoisotopic (exact) mass is 1080 g/mol. The van der Waals surface area contributed by atoms with E-state index in [1.54, 1.807) is 24.3 Å². The van der Waals surface area contributed by atoms with Crippen LogP contribution in [0.15, 0.2) is 52.4 Å². The molecule has 0 aliphatic carbocycles. The van der Waals surface area contributed by atoms with E-state index in [1.165, 1.54) is 0 Å². The van der Waals surface area contributed by atoms with Gasteiger partial charge in [-0.15, -0.1) is 0 Å². The van der Waals surface area contributed by atoms with Gasteiger partial charge < -0.3 is 42.4 Å². The summed E-state index contributed by atoms with van der Waals surface area (Å²) in [4.78, 5) is 25.9. The van der Waals surface area contributed by atoms with Crippen LogP contribution in [0.4, 0.5) is 0 Å². The zero-order chi connectivity index (χ0) is 50.5. The number of benzene rings is 1. The van der Waals surface area contributed by atoms with Crippen LogP contribution < -0.4 is 0 Å². The van der Waals surface area contributed by atoms with Crippen LogP contribution in [0, 0.1) is 30.6 Å². The molecule has 8 heterocycles. The van der Waals surface area contributed by atoms with E-state index in [0.717, 1.165) is 30.3 Å². The third-order valence-electron chi connectivity index (χ3n) is 17.1. The second kappa shape index (κ2) is 21.9. The Hall–Kier alpha value is -1.67. The van der Waals surface area contributed by atoms with Gasteiger partial charge in [0.15, 0.2) is 14.1 Å². The predicted octanol–water partition coefficient (Wildman–Crippen LogP) is 10.3. The number of hydrogen-bond donors (Lipinski definition) is 0. The van der Waals surface area contributed by atoms with E-state index < -0.39 is 48.6 Å². The van der Waals surface area contributed by atoms with E-state index in [2.05, 4.69) is 83.7 Å². The lowest BCUT2D eigenvalue weighted by atomic mass is 9.78. The molecule has 0 N–H and O–H groups in total. The molecule has 9 rings (SSSR count). The molecular formula is C54H81BrO13SSi. The van der Waals surface area contributed by atoms with Crippen molar-refractivity contribution in [2.24, 2.45) is 23.7 Å². The molecule has 2 unspecified atom stereocenters. The highest BCUT2D eigenvalue weighted by atomic mass is 79.9. The van der Waals surface area contributed by atoms with Gasteiger partial charge in [-0.05, 0) is 109 Å². The molecule has 0 spiro atoms. The van der Waals surface area contributed by atoms with Crippen LogP contribution in [0.25, 0.3) is 0 Å². The summed E-state index contributed by atoms with van der Waals surface area (Å²) >= 11 is 3.43. The van der Waals surface area contributed by atoms with Crippen molar-refractivity contribution in [2.45, 2.75) is 240 Å². The Labute approximate surface area is 427 Å². The molecule has 0 saturated carbocycles. The highest BCUT2D eigenvalue weighted by Crippen LogP contribution is 2.54. The van der Waals surface area contributed by atoms with Crippen molar-refractivity contribution in [2.75, 3.05) is 6.61 Å². The molecule has 1 aromatic rings. The van der Waals surface area contributed by atoms with Crippen molar-refractivity contribution in [3.63, 3.8) is 0 Å². The molecule has 0 amide bonds. The van der Waals surface area contributed by atoms with Gasteiger partial charge in [-0.2, -0.15) is 8.42 Å². The summed E-state index contributed by atoms with van der Waals surface area (Å²) in [5, 5.41) is 0.117. The summed E-state index contributed by atoms with van der Waals surface area (Å²) in [5.74, 6) is -0.291. The van der Waals surface area contributed by atoms with Gasteiger partial charge in [0.1, 0.15) is 42.6 Å². The minimum atomic E-state index is -4.06. The smallest absolute Gasteiger partial charge is 0.297 e. The van der Waals surface area contributed by atoms with Crippen LogP contribution in [-0.2, 0) is 61.5 Å². The zero-order valence-electron chi connectivity index (χ0n) is 43.1. The molecule has 8 fully saturated rings. The van der Waals surface area contributed by atoms with E-state index in [-0.39, 0.29) is 107 Å². The highest BCUT2D eigenvalue weighted by Gasteiger charge is 2.68. The van der Waals surface area contributed by atoms with Crippen molar-refractivity contribution >= 4 is 46.4 Å². The van der Waals surface area contributed by atoms with E-state index in [4.69, 9.17) is 41.8 Å². The number of carbonyl (C=O) groups is 2. The number of Topliss-reactive ketones (excluding diaryl/α,β-unsaturated/α-hetero) is 1. The average molecular weight is 1080 g/mol. The third kappa shape index (κ3) is 12.2. The van der Waals surface area contributed by atoms with E-state index in [9.17, 15) is 18.0 Å². The van der Waals surface area contributed by atoms with Gasteiger partial charge in [0.2, 0.25) is 0 Å². The van der Waals surface area contributed by atoms with Gasteiger partial charge in [0.25, 0.3) is 10.1 Å². The third-order valence-corrected chi connectivity index (χ3v) is 23.3. The van der Waals surface area contributed by atoms with Crippen molar-refractivity contribution in [3.8, 4) is 0 Å². The molecule has 8 aliphatic heterocycles. The molecule has 392 valence electrons. The van der Waals surface area contributed by atoms with Crippen LogP contribution in [0.5, 0.6) is 0 Å². The summed E-state index contributed by atoms with van der Waals surface area (Å²) in [7, 11) is -5.99. The Balaban J connectivity index is 0.930. The Morgan fingerprint density at radius 3 is 2.34 bits per heavy atom. The SMILES string of the molecule is C=C(Br)C[C@@H](CC[C@@]12C[C@H]3O[C@H]4[C@@H](O1)[C@H]1OC(CC(=O)C[C@@H]5[C@@H](C)[C@@H](C[C@H](C)CO[Si](C)(C)C(C)(C)C)O[C@H]5CC5O[C@@H](CCC=O)C[C@@H](C)C5=C)CC[C@@H]1O[C@H]4[C@H]3O2)OS(=O)(=O)c1ccc(C)cc1. The van der Waals surface area contributed by atoms with Crippen molar-refractivity contribution in [1.29, 1.82) is 0 Å². The zero-order valence-corrected chi connectivity index (χ0v) is 46.5. The second-order valence-corrected chi connectivity index (χ2v) is 31.1. The molecule has 1 aromatic carbocycles. The molecule has 6 bridgehead atoms.